The fourth-order valence-corrected chi connectivity index (χ4v) is 4.60. The van der Waals surface area contributed by atoms with E-state index in [0.29, 0.717) is 141 Å². The van der Waals surface area contributed by atoms with Crippen LogP contribution in [-0.2, 0) is 19.2 Å². The zero-order valence-electron chi connectivity index (χ0n) is 31.6. The highest BCUT2D eigenvalue weighted by molar-refractivity contribution is 5.77. The second-order valence-electron chi connectivity index (χ2n) is 13.5. The zero-order chi connectivity index (χ0) is 36.2. The van der Waals surface area contributed by atoms with Crippen LogP contribution in [0.2, 0.25) is 0 Å². The summed E-state index contributed by atoms with van der Waals surface area (Å²) < 4.78 is 0. The third-order valence-corrected chi connectivity index (χ3v) is 7.35. The summed E-state index contributed by atoms with van der Waals surface area (Å²) in [5.74, 6) is -0.115. The van der Waals surface area contributed by atoms with E-state index in [1.54, 1.807) is 0 Å². The SMILES string of the molecule is CC(C)NCCNC(=O)CCN(CCC(=O)NCCNC(C)C)CCN(CCC(=O)NCCNC(C)C)CCC(=O)NCCNC(C)C. The van der Waals surface area contributed by atoms with E-state index in [4.69, 9.17) is 0 Å². The summed E-state index contributed by atoms with van der Waals surface area (Å²) in [6, 6.07) is 1.42. The monoisotopic (exact) mass is 685 g/mol. The van der Waals surface area contributed by atoms with Crippen molar-refractivity contribution in [2.24, 2.45) is 0 Å². The normalized spacial score (nSPS) is 11.7. The summed E-state index contributed by atoms with van der Waals surface area (Å²) in [6.45, 7) is 24.8. The van der Waals surface area contributed by atoms with Crippen LogP contribution < -0.4 is 42.5 Å². The van der Waals surface area contributed by atoms with E-state index in [1.807, 2.05) is 0 Å². The van der Waals surface area contributed by atoms with Crippen molar-refractivity contribution in [1.82, 2.24) is 52.3 Å². The van der Waals surface area contributed by atoms with Crippen molar-refractivity contribution in [2.75, 3.05) is 91.6 Å². The molecule has 0 bridgehead atoms. The maximum atomic E-state index is 12.6. The molecule has 0 aromatic rings. The summed E-state index contributed by atoms with van der Waals surface area (Å²) >= 11 is 0. The highest BCUT2D eigenvalue weighted by Gasteiger charge is 2.16. The van der Waals surface area contributed by atoms with Crippen molar-refractivity contribution in [2.45, 2.75) is 105 Å². The quantitative estimate of drug-likeness (QED) is 0.0450. The molecule has 0 aliphatic heterocycles. The van der Waals surface area contributed by atoms with Gasteiger partial charge < -0.3 is 52.3 Å². The topological polar surface area (TPSA) is 171 Å². The summed E-state index contributed by atoms with van der Waals surface area (Å²) in [6.07, 6.45) is 1.28. The molecule has 282 valence electrons. The zero-order valence-corrected chi connectivity index (χ0v) is 31.6. The van der Waals surface area contributed by atoms with Gasteiger partial charge in [-0.25, -0.2) is 0 Å². The van der Waals surface area contributed by atoms with Crippen LogP contribution >= 0.6 is 0 Å². The molecule has 0 aromatic heterocycles. The maximum absolute atomic E-state index is 12.6. The van der Waals surface area contributed by atoms with Gasteiger partial charge in [-0.2, -0.15) is 0 Å². The molecule has 0 radical (unpaired) electrons. The minimum atomic E-state index is -0.0288. The van der Waals surface area contributed by atoms with E-state index in [2.05, 4.69) is 108 Å². The van der Waals surface area contributed by atoms with Crippen LogP contribution in [0.5, 0.6) is 0 Å². The van der Waals surface area contributed by atoms with Crippen LogP contribution in [0.1, 0.15) is 81.1 Å². The number of hydrogen-bond acceptors (Lipinski definition) is 10. The second-order valence-corrected chi connectivity index (χ2v) is 13.5. The third-order valence-electron chi connectivity index (χ3n) is 7.35. The number of nitrogens with zero attached hydrogens (tertiary/aromatic N) is 2. The number of hydrogen-bond donors (Lipinski definition) is 8. The average molecular weight is 685 g/mol. The van der Waals surface area contributed by atoms with E-state index >= 15 is 0 Å². The molecular formula is C34H72N10O4. The maximum Gasteiger partial charge on any atom is 0.221 e. The van der Waals surface area contributed by atoms with Crippen LogP contribution in [0.4, 0.5) is 0 Å². The predicted octanol–water partition coefficient (Wildman–Crippen LogP) is -0.392. The molecule has 0 spiro atoms. The van der Waals surface area contributed by atoms with Gasteiger partial charge in [-0.15, -0.1) is 0 Å². The Bertz CT molecular complexity index is 726. The molecule has 0 aliphatic rings. The molecule has 0 rings (SSSR count). The molecule has 0 aromatic carbocycles. The third kappa shape index (κ3) is 30.9. The van der Waals surface area contributed by atoms with E-state index in [-0.39, 0.29) is 23.6 Å². The molecule has 48 heavy (non-hydrogen) atoms. The van der Waals surface area contributed by atoms with E-state index in [0.717, 1.165) is 0 Å². The minimum absolute atomic E-state index is 0.0288. The lowest BCUT2D eigenvalue weighted by atomic mass is 10.2. The minimum Gasteiger partial charge on any atom is -0.355 e. The van der Waals surface area contributed by atoms with E-state index in [9.17, 15) is 19.2 Å². The van der Waals surface area contributed by atoms with Gasteiger partial charge in [0.25, 0.3) is 0 Å². The molecule has 14 heteroatoms. The first-order chi connectivity index (χ1) is 22.8. The first-order valence-corrected chi connectivity index (χ1v) is 18.2. The smallest absolute Gasteiger partial charge is 0.221 e. The molecule has 4 amide bonds. The molecule has 8 N–H and O–H groups in total. The van der Waals surface area contributed by atoms with E-state index < -0.39 is 0 Å². The molecule has 14 nitrogen and oxygen atoms in total. The van der Waals surface area contributed by atoms with Gasteiger partial charge in [-0.3, -0.25) is 19.2 Å². The second kappa shape index (κ2) is 29.5. The largest absolute Gasteiger partial charge is 0.355 e. The Morgan fingerprint density at radius 2 is 0.562 bits per heavy atom. The molecular weight excluding hydrogens is 612 g/mol. The van der Waals surface area contributed by atoms with Gasteiger partial charge in [0.2, 0.25) is 23.6 Å². The van der Waals surface area contributed by atoms with Gasteiger partial charge >= 0.3 is 0 Å². The van der Waals surface area contributed by atoms with Gasteiger partial charge in [0, 0.05) is 141 Å². The van der Waals surface area contributed by atoms with Gasteiger partial charge in [-0.1, -0.05) is 55.4 Å². The summed E-state index contributed by atoms with van der Waals surface area (Å²) in [5.41, 5.74) is 0. The molecule has 0 heterocycles. The van der Waals surface area contributed by atoms with Crippen molar-refractivity contribution in [1.29, 1.82) is 0 Å². The van der Waals surface area contributed by atoms with Crippen LogP contribution in [0, 0.1) is 0 Å². The standard InChI is InChI=1S/C34H72N10O4/c1-27(2)35-13-17-39-31(45)9-21-43(22-10-32(46)40-18-14-36-28(3)4)25-26-44(23-11-33(47)41-19-15-37-29(5)6)24-12-34(48)42-20-16-38-30(7)8/h27-30,35-38H,9-26H2,1-8H3,(H,39,45)(H,40,46)(H,41,47)(H,42,48). The molecule has 0 atom stereocenters. The number of amides is 4. The van der Waals surface area contributed by atoms with Crippen LogP contribution in [-0.4, -0.2) is 149 Å². The molecule has 0 fully saturated rings. The average Bonchev–Trinajstić information content (AvgIpc) is 3.01. The number of carbonyl (C=O) groups excluding carboxylic acids is 4. The van der Waals surface area contributed by atoms with Gasteiger partial charge in [-0.05, 0) is 0 Å². The lowest BCUT2D eigenvalue weighted by Gasteiger charge is -2.27. The Labute approximate surface area is 291 Å². The molecule has 0 aliphatic carbocycles. The first kappa shape index (κ1) is 45.6. The van der Waals surface area contributed by atoms with Crippen molar-refractivity contribution >= 4 is 23.6 Å². The number of nitrogens with one attached hydrogen (secondary N) is 8. The van der Waals surface area contributed by atoms with Crippen molar-refractivity contribution in [3.8, 4) is 0 Å². The van der Waals surface area contributed by atoms with E-state index in [1.165, 1.54) is 0 Å². The van der Waals surface area contributed by atoms with Gasteiger partial charge in [0.1, 0.15) is 0 Å². The molecule has 0 unspecified atom stereocenters. The van der Waals surface area contributed by atoms with Crippen molar-refractivity contribution < 1.29 is 19.2 Å². The Morgan fingerprint density at radius 3 is 0.750 bits per heavy atom. The Kier molecular flexibility index (Phi) is 28.1. The lowest BCUT2D eigenvalue weighted by Crippen LogP contribution is -2.42. The summed E-state index contributed by atoms with van der Waals surface area (Å²) in [5, 5.41) is 25.0. The number of carbonyl (C=O) groups is 4. The van der Waals surface area contributed by atoms with Gasteiger partial charge in [0.15, 0.2) is 0 Å². The van der Waals surface area contributed by atoms with Gasteiger partial charge in [0.05, 0.1) is 0 Å². The van der Waals surface area contributed by atoms with Crippen LogP contribution in [0.25, 0.3) is 0 Å². The summed E-state index contributed by atoms with van der Waals surface area (Å²) in [7, 11) is 0. The lowest BCUT2D eigenvalue weighted by molar-refractivity contribution is -0.123. The highest BCUT2D eigenvalue weighted by atomic mass is 16.2. The Hall–Kier alpha value is -2.36. The molecule has 0 saturated heterocycles. The van der Waals surface area contributed by atoms with Crippen molar-refractivity contribution in [3.05, 3.63) is 0 Å². The fraction of sp³-hybridized carbons (Fsp3) is 0.882. The summed E-state index contributed by atoms with van der Waals surface area (Å²) in [4.78, 5) is 54.6. The highest BCUT2D eigenvalue weighted by Crippen LogP contribution is 2.01. The molecule has 0 saturated carbocycles. The predicted molar refractivity (Wildman–Crippen MR) is 196 cm³/mol. The van der Waals surface area contributed by atoms with Crippen LogP contribution in [0.15, 0.2) is 0 Å². The number of rotatable bonds is 31. The Morgan fingerprint density at radius 1 is 0.354 bits per heavy atom. The van der Waals surface area contributed by atoms with Crippen molar-refractivity contribution in [3.63, 3.8) is 0 Å². The Balaban J connectivity index is 5.22. The fourth-order valence-electron chi connectivity index (χ4n) is 4.60. The first-order valence-electron chi connectivity index (χ1n) is 18.2. The van der Waals surface area contributed by atoms with Crippen LogP contribution in [0.3, 0.4) is 0 Å².